The van der Waals surface area contributed by atoms with Crippen molar-refractivity contribution in [2.75, 3.05) is 11.3 Å². The molecule has 0 amide bonds. The molecule has 0 unspecified atom stereocenters. The summed E-state index contributed by atoms with van der Waals surface area (Å²) in [4.78, 5) is 0.0551. The lowest BCUT2D eigenvalue weighted by atomic mass is 10.1. The van der Waals surface area contributed by atoms with Crippen molar-refractivity contribution in [2.24, 2.45) is 0 Å². The molecule has 110 valence electrons. The fourth-order valence-electron chi connectivity index (χ4n) is 2.41. The lowest BCUT2D eigenvalue weighted by Gasteiger charge is -2.13. The Balaban J connectivity index is 1.99. The van der Waals surface area contributed by atoms with Gasteiger partial charge in [0.1, 0.15) is 11.6 Å². The Hall–Kier alpha value is -2.08. The first-order valence-electron chi connectivity index (χ1n) is 6.51. The number of aryl methyl sites for hydroxylation is 1. The summed E-state index contributed by atoms with van der Waals surface area (Å²) in [6.07, 6.45) is 0.764. The van der Waals surface area contributed by atoms with Crippen LogP contribution in [0.1, 0.15) is 11.1 Å². The Morgan fingerprint density at radius 2 is 2.05 bits per heavy atom. The van der Waals surface area contributed by atoms with Gasteiger partial charge in [0.2, 0.25) is 0 Å². The van der Waals surface area contributed by atoms with Crippen LogP contribution in [0.15, 0.2) is 41.3 Å². The fourth-order valence-corrected chi connectivity index (χ4v) is 3.70. The van der Waals surface area contributed by atoms with Crippen LogP contribution in [0.25, 0.3) is 0 Å². The molecule has 1 aliphatic heterocycles. The molecule has 0 aromatic heterocycles. The van der Waals surface area contributed by atoms with E-state index in [0.29, 0.717) is 23.6 Å². The summed E-state index contributed by atoms with van der Waals surface area (Å²) in [6.45, 7) is 2.10. The minimum Gasteiger partial charge on any atom is -0.491 e. The highest BCUT2D eigenvalue weighted by molar-refractivity contribution is 7.92. The van der Waals surface area contributed by atoms with Gasteiger partial charge in [0.25, 0.3) is 10.0 Å². The molecule has 6 heteroatoms. The predicted molar refractivity (Wildman–Crippen MR) is 77.6 cm³/mol. The second-order valence-corrected chi connectivity index (χ2v) is 6.56. The maximum atomic E-state index is 13.1. The summed E-state index contributed by atoms with van der Waals surface area (Å²) in [5.74, 6) is 0.108. The lowest BCUT2D eigenvalue weighted by molar-refractivity contribution is 0.358. The van der Waals surface area contributed by atoms with Crippen LogP contribution in [0.5, 0.6) is 5.75 Å². The van der Waals surface area contributed by atoms with Crippen LogP contribution in [0.3, 0.4) is 0 Å². The summed E-state index contributed by atoms with van der Waals surface area (Å²) >= 11 is 0. The van der Waals surface area contributed by atoms with Gasteiger partial charge >= 0.3 is 0 Å². The monoisotopic (exact) mass is 307 g/mol. The number of anilines is 1. The first kappa shape index (κ1) is 13.9. The van der Waals surface area contributed by atoms with Crippen LogP contribution in [-0.2, 0) is 16.4 Å². The number of hydrogen-bond donors (Lipinski definition) is 1. The van der Waals surface area contributed by atoms with Gasteiger partial charge in [-0.05, 0) is 42.3 Å². The molecule has 0 radical (unpaired) electrons. The van der Waals surface area contributed by atoms with Crippen molar-refractivity contribution in [1.29, 1.82) is 0 Å². The van der Waals surface area contributed by atoms with Gasteiger partial charge in [-0.25, -0.2) is 12.8 Å². The van der Waals surface area contributed by atoms with Gasteiger partial charge in [-0.1, -0.05) is 12.1 Å². The Labute approximate surface area is 122 Å². The van der Waals surface area contributed by atoms with E-state index in [1.54, 1.807) is 19.1 Å². The summed E-state index contributed by atoms with van der Waals surface area (Å²) in [5, 5.41) is 0. The molecule has 0 atom stereocenters. The maximum Gasteiger partial charge on any atom is 0.262 e. The molecular weight excluding hydrogens is 293 g/mol. The van der Waals surface area contributed by atoms with E-state index in [9.17, 15) is 12.8 Å². The van der Waals surface area contributed by atoms with E-state index in [0.717, 1.165) is 18.1 Å². The van der Waals surface area contributed by atoms with Gasteiger partial charge in [0.05, 0.1) is 17.2 Å². The molecular formula is C15H14FNO3S. The van der Waals surface area contributed by atoms with Crippen molar-refractivity contribution in [3.05, 3.63) is 53.3 Å². The smallest absolute Gasteiger partial charge is 0.262 e. The van der Waals surface area contributed by atoms with Crippen LogP contribution >= 0.6 is 0 Å². The normalized spacial score (nSPS) is 13.6. The molecule has 0 aliphatic carbocycles. The Morgan fingerprint density at radius 1 is 1.24 bits per heavy atom. The van der Waals surface area contributed by atoms with Gasteiger partial charge in [-0.15, -0.1) is 0 Å². The molecule has 0 spiro atoms. The third kappa shape index (κ3) is 2.58. The number of halogens is 1. The van der Waals surface area contributed by atoms with Crippen molar-refractivity contribution >= 4 is 15.7 Å². The van der Waals surface area contributed by atoms with Crippen molar-refractivity contribution in [1.82, 2.24) is 0 Å². The number of rotatable bonds is 3. The second kappa shape index (κ2) is 5.04. The highest BCUT2D eigenvalue weighted by Gasteiger charge is 2.22. The number of para-hydroxylation sites is 1. The number of fused-ring (bicyclic) bond motifs is 1. The number of ether oxygens (including phenoxy) is 1. The zero-order valence-electron chi connectivity index (χ0n) is 11.4. The summed E-state index contributed by atoms with van der Waals surface area (Å²) in [7, 11) is -3.78. The number of nitrogens with one attached hydrogen (secondary N) is 1. The molecule has 1 N–H and O–H groups in total. The quantitative estimate of drug-likeness (QED) is 0.948. The van der Waals surface area contributed by atoms with Gasteiger partial charge in [0, 0.05) is 6.42 Å². The van der Waals surface area contributed by atoms with Crippen molar-refractivity contribution in [3.8, 4) is 5.75 Å². The zero-order chi connectivity index (χ0) is 15.0. The SMILES string of the molecule is Cc1cc(F)ccc1S(=O)(=O)Nc1cccc2c1OCC2. The zero-order valence-corrected chi connectivity index (χ0v) is 12.2. The summed E-state index contributed by atoms with van der Waals surface area (Å²) in [5.41, 5.74) is 1.75. The van der Waals surface area contributed by atoms with E-state index in [-0.39, 0.29) is 4.90 Å². The molecule has 3 rings (SSSR count). The highest BCUT2D eigenvalue weighted by Crippen LogP contribution is 2.35. The average molecular weight is 307 g/mol. The minimum absolute atomic E-state index is 0.0551. The molecule has 0 saturated carbocycles. The standard InChI is InChI=1S/C15H14FNO3S/c1-10-9-12(16)5-6-14(10)21(18,19)17-13-4-2-3-11-7-8-20-15(11)13/h2-6,9,17H,7-8H2,1H3. The van der Waals surface area contributed by atoms with Gasteiger partial charge < -0.3 is 4.74 Å². The number of sulfonamides is 1. The molecule has 2 aromatic carbocycles. The lowest BCUT2D eigenvalue weighted by Crippen LogP contribution is -2.15. The van der Waals surface area contributed by atoms with Crippen LogP contribution < -0.4 is 9.46 Å². The molecule has 1 aliphatic rings. The Morgan fingerprint density at radius 3 is 2.81 bits per heavy atom. The average Bonchev–Trinajstić information content (AvgIpc) is 2.87. The van der Waals surface area contributed by atoms with E-state index in [1.165, 1.54) is 12.1 Å². The minimum atomic E-state index is -3.78. The largest absolute Gasteiger partial charge is 0.491 e. The van der Waals surface area contributed by atoms with Gasteiger partial charge in [-0.3, -0.25) is 4.72 Å². The maximum absolute atomic E-state index is 13.1. The Kier molecular flexibility index (Phi) is 3.33. The first-order chi connectivity index (χ1) is 9.97. The molecule has 4 nitrogen and oxygen atoms in total. The molecule has 0 saturated heterocycles. The van der Waals surface area contributed by atoms with Crippen molar-refractivity contribution in [2.45, 2.75) is 18.2 Å². The fraction of sp³-hybridized carbons (Fsp3) is 0.200. The van der Waals surface area contributed by atoms with Crippen LogP contribution in [0, 0.1) is 12.7 Å². The summed E-state index contributed by atoms with van der Waals surface area (Å²) < 4.78 is 46.0. The van der Waals surface area contributed by atoms with E-state index in [2.05, 4.69) is 4.72 Å². The number of hydrogen-bond acceptors (Lipinski definition) is 3. The molecule has 0 bridgehead atoms. The van der Waals surface area contributed by atoms with E-state index in [4.69, 9.17) is 4.74 Å². The predicted octanol–water partition coefficient (Wildman–Crippen LogP) is 2.87. The van der Waals surface area contributed by atoms with Crippen molar-refractivity contribution in [3.63, 3.8) is 0 Å². The van der Waals surface area contributed by atoms with Gasteiger partial charge in [0.15, 0.2) is 0 Å². The van der Waals surface area contributed by atoms with Gasteiger partial charge in [-0.2, -0.15) is 0 Å². The van der Waals surface area contributed by atoms with E-state index < -0.39 is 15.8 Å². The highest BCUT2D eigenvalue weighted by atomic mass is 32.2. The molecule has 2 aromatic rings. The third-order valence-corrected chi connectivity index (χ3v) is 4.91. The Bertz CT molecular complexity index is 803. The van der Waals surface area contributed by atoms with Crippen LogP contribution in [-0.4, -0.2) is 15.0 Å². The third-order valence-electron chi connectivity index (χ3n) is 3.39. The molecule has 21 heavy (non-hydrogen) atoms. The van der Waals surface area contributed by atoms with Crippen LogP contribution in [0.4, 0.5) is 10.1 Å². The molecule has 1 heterocycles. The van der Waals surface area contributed by atoms with E-state index >= 15 is 0 Å². The number of benzene rings is 2. The first-order valence-corrected chi connectivity index (χ1v) is 7.99. The molecule has 0 fully saturated rings. The van der Waals surface area contributed by atoms with Crippen molar-refractivity contribution < 1.29 is 17.5 Å². The van der Waals surface area contributed by atoms with E-state index in [1.807, 2.05) is 6.07 Å². The second-order valence-electron chi connectivity index (χ2n) is 4.91. The van der Waals surface area contributed by atoms with Crippen LogP contribution in [0.2, 0.25) is 0 Å². The summed E-state index contributed by atoms with van der Waals surface area (Å²) in [6, 6.07) is 8.93. The topological polar surface area (TPSA) is 55.4 Å².